The second-order valence-electron chi connectivity index (χ2n) is 6.49. The number of ether oxygens (including phenoxy) is 1. The number of halogens is 2. The zero-order valence-corrected chi connectivity index (χ0v) is 13.3. The topological polar surface area (TPSA) is 70.1 Å². The molecule has 1 rings (SSSR count). The van der Waals surface area contributed by atoms with Gasteiger partial charge in [-0.15, -0.1) is 0 Å². The lowest BCUT2D eigenvalue weighted by atomic mass is 10.1. The van der Waals surface area contributed by atoms with Gasteiger partial charge in [0, 0.05) is 39.1 Å². The van der Waals surface area contributed by atoms with Crippen molar-refractivity contribution in [3.8, 4) is 0 Å². The molecule has 1 fully saturated rings. The lowest BCUT2D eigenvalue weighted by Gasteiger charge is -2.36. The fourth-order valence-electron chi connectivity index (χ4n) is 2.11. The van der Waals surface area contributed by atoms with Gasteiger partial charge in [0.2, 0.25) is 0 Å². The van der Waals surface area contributed by atoms with Gasteiger partial charge in [0.15, 0.2) is 0 Å². The fraction of sp³-hybridized carbons (Fsp3) is 0.857. The molecule has 0 radical (unpaired) electrons. The van der Waals surface area contributed by atoms with E-state index in [-0.39, 0.29) is 6.54 Å². The molecule has 1 aliphatic rings. The Morgan fingerprint density at radius 1 is 1.14 bits per heavy atom. The number of rotatable bonds is 5. The Hall–Kier alpha value is -1.44. The number of carbonyl (C=O) groups is 2. The van der Waals surface area contributed by atoms with E-state index in [0.717, 1.165) is 0 Å². The number of alkyl halides is 2. The van der Waals surface area contributed by atoms with E-state index in [2.05, 4.69) is 0 Å². The van der Waals surface area contributed by atoms with Gasteiger partial charge in [0.05, 0.1) is 0 Å². The summed E-state index contributed by atoms with van der Waals surface area (Å²) in [5.41, 5.74) is -0.562. The number of carboxylic acid groups (broad SMARTS) is 1. The summed E-state index contributed by atoms with van der Waals surface area (Å²) in [6.45, 7) is 7.25. The molecule has 1 heterocycles. The molecule has 0 aromatic rings. The molecule has 0 aromatic carbocycles. The van der Waals surface area contributed by atoms with Crippen LogP contribution in [0.15, 0.2) is 0 Å². The van der Waals surface area contributed by atoms with Gasteiger partial charge in [-0.25, -0.2) is 13.6 Å². The number of carboxylic acids is 1. The molecule has 128 valence electrons. The number of piperazine rings is 1. The van der Waals surface area contributed by atoms with Gasteiger partial charge in [-0.2, -0.15) is 0 Å². The minimum absolute atomic E-state index is 0.114. The predicted molar refractivity (Wildman–Crippen MR) is 76.1 cm³/mol. The maximum absolute atomic E-state index is 13.3. The van der Waals surface area contributed by atoms with E-state index in [1.807, 2.05) is 0 Å². The standard InChI is InChI=1S/C14H24F2N2O4/c1-13(2,3)22-12(21)18-8-6-17(7-9-18)5-4-14(15,16)10-11(19)20/h4-10H2,1-3H3,(H,19,20). The van der Waals surface area contributed by atoms with Crippen LogP contribution >= 0.6 is 0 Å². The van der Waals surface area contributed by atoms with Crippen molar-refractivity contribution >= 4 is 12.1 Å². The van der Waals surface area contributed by atoms with Gasteiger partial charge in [0.25, 0.3) is 5.92 Å². The lowest BCUT2D eigenvalue weighted by molar-refractivity contribution is -0.145. The number of nitrogens with zero attached hydrogens (tertiary/aromatic N) is 2. The quantitative estimate of drug-likeness (QED) is 0.839. The molecule has 6 nitrogen and oxygen atoms in total. The molecule has 1 aliphatic heterocycles. The number of hydrogen-bond donors (Lipinski definition) is 1. The van der Waals surface area contributed by atoms with E-state index >= 15 is 0 Å². The van der Waals surface area contributed by atoms with E-state index in [0.29, 0.717) is 26.2 Å². The number of amides is 1. The van der Waals surface area contributed by atoms with Crippen LogP contribution in [0.25, 0.3) is 0 Å². The van der Waals surface area contributed by atoms with Crippen LogP contribution in [-0.4, -0.2) is 71.2 Å². The molecule has 1 amide bonds. The molecule has 22 heavy (non-hydrogen) atoms. The van der Waals surface area contributed by atoms with Crippen LogP contribution < -0.4 is 0 Å². The maximum atomic E-state index is 13.3. The molecule has 0 bridgehead atoms. The molecule has 0 aromatic heterocycles. The Morgan fingerprint density at radius 3 is 2.14 bits per heavy atom. The normalized spacial score (nSPS) is 17.4. The van der Waals surface area contributed by atoms with Crippen LogP contribution in [0.1, 0.15) is 33.6 Å². The van der Waals surface area contributed by atoms with Gasteiger partial charge < -0.3 is 14.7 Å². The largest absolute Gasteiger partial charge is 0.481 e. The monoisotopic (exact) mass is 322 g/mol. The highest BCUT2D eigenvalue weighted by molar-refractivity contribution is 5.68. The van der Waals surface area contributed by atoms with Crippen LogP contribution in [-0.2, 0) is 9.53 Å². The third-order valence-corrected chi connectivity index (χ3v) is 3.23. The summed E-state index contributed by atoms with van der Waals surface area (Å²) < 4.78 is 31.9. The zero-order valence-electron chi connectivity index (χ0n) is 13.3. The van der Waals surface area contributed by atoms with Gasteiger partial charge in [0.1, 0.15) is 12.0 Å². The van der Waals surface area contributed by atoms with Crippen molar-refractivity contribution in [2.24, 2.45) is 0 Å². The zero-order chi connectivity index (χ0) is 17.0. The Kier molecular flexibility index (Phi) is 6.10. The third kappa shape index (κ3) is 7.02. The van der Waals surface area contributed by atoms with Crippen LogP contribution in [0.2, 0.25) is 0 Å². The van der Waals surface area contributed by atoms with Crippen molar-refractivity contribution in [3.05, 3.63) is 0 Å². The summed E-state index contributed by atoms with van der Waals surface area (Å²) >= 11 is 0. The molecule has 1 saturated heterocycles. The second-order valence-corrected chi connectivity index (χ2v) is 6.49. The molecule has 0 saturated carbocycles. The summed E-state index contributed by atoms with van der Waals surface area (Å²) in [7, 11) is 0. The van der Waals surface area contributed by atoms with E-state index in [1.54, 1.807) is 30.6 Å². The van der Waals surface area contributed by atoms with Crippen LogP contribution in [0, 0.1) is 0 Å². The molecule has 1 N–H and O–H groups in total. The third-order valence-electron chi connectivity index (χ3n) is 3.23. The Bertz CT molecular complexity index is 402. The summed E-state index contributed by atoms with van der Waals surface area (Å²) in [5, 5.41) is 8.42. The maximum Gasteiger partial charge on any atom is 0.410 e. The van der Waals surface area contributed by atoms with E-state index in [9.17, 15) is 18.4 Å². The van der Waals surface area contributed by atoms with Crippen molar-refractivity contribution in [3.63, 3.8) is 0 Å². The van der Waals surface area contributed by atoms with Crippen LogP contribution in [0.3, 0.4) is 0 Å². The molecule has 0 aliphatic carbocycles. The molecular weight excluding hydrogens is 298 g/mol. The first-order valence-electron chi connectivity index (χ1n) is 7.28. The van der Waals surface area contributed by atoms with Crippen molar-refractivity contribution < 1.29 is 28.2 Å². The second kappa shape index (κ2) is 7.21. The van der Waals surface area contributed by atoms with Crippen molar-refractivity contribution in [1.82, 2.24) is 9.80 Å². The molecule has 0 atom stereocenters. The summed E-state index contributed by atoms with van der Waals surface area (Å²) in [4.78, 5) is 25.6. The molecule has 8 heteroatoms. The SMILES string of the molecule is CC(C)(C)OC(=O)N1CCN(CCC(F)(F)CC(=O)O)CC1. The van der Waals surface area contributed by atoms with E-state index in [4.69, 9.17) is 9.84 Å². The van der Waals surface area contributed by atoms with Gasteiger partial charge in [-0.1, -0.05) is 0 Å². The summed E-state index contributed by atoms with van der Waals surface area (Å²) in [5.74, 6) is -4.70. The number of hydrogen-bond acceptors (Lipinski definition) is 4. The fourth-order valence-corrected chi connectivity index (χ4v) is 2.11. The highest BCUT2D eigenvalue weighted by Gasteiger charge is 2.33. The number of carbonyl (C=O) groups excluding carboxylic acids is 1. The number of aliphatic carboxylic acids is 1. The smallest absolute Gasteiger partial charge is 0.410 e. The van der Waals surface area contributed by atoms with E-state index in [1.165, 1.54) is 0 Å². The van der Waals surface area contributed by atoms with Gasteiger partial charge >= 0.3 is 12.1 Å². The first-order valence-corrected chi connectivity index (χ1v) is 7.28. The van der Waals surface area contributed by atoms with Crippen molar-refractivity contribution in [1.29, 1.82) is 0 Å². The highest BCUT2D eigenvalue weighted by Crippen LogP contribution is 2.23. The van der Waals surface area contributed by atoms with Crippen LogP contribution in [0.4, 0.5) is 13.6 Å². The molecule has 0 unspecified atom stereocenters. The van der Waals surface area contributed by atoms with E-state index < -0.39 is 36.4 Å². The van der Waals surface area contributed by atoms with Crippen LogP contribution in [0.5, 0.6) is 0 Å². The first-order chi connectivity index (χ1) is 9.98. The van der Waals surface area contributed by atoms with Crippen molar-refractivity contribution in [2.75, 3.05) is 32.7 Å². The molecular formula is C14H24F2N2O4. The average molecular weight is 322 g/mol. The first kappa shape index (κ1) is 18.6. The Balaban J connectivity index is 2.34. The molecule has 0 spiro atoms. The average Bonchev–Trinajstić information content (AvgIpc) is 2.33. The Morgan fingerprint density at radius 2 is 1.68 bits per heavy atom. The minimum atomic E-state index is -3.20. The highest BCUT2D eigenvalue weighted by atomic mass is 19.3. The minimum Gasteiger partial charge on any atom is -0.481 e. The van der Waals surface area contributed by atoms with Gasteiger partial charge in [-0.3, -0.25) is 9.69 Å². The van der Waals surface area contributed by atoms with Crippen molar-refractivity contribution in [2.45, 2.75) is 45.1 Å². The predicted octanol–water partition coefficient (Wildman–Crippen LogP) is 2.04. The lowest BCUT2D eigenvalue weighted by Crippen LogP contribution is -2.50. The van der Waals surface area contributed by atoms with Gasteiger partial charge in [-0.05, 0) is 20.8 Å². The Labute approximate surface area is 129 Å². The summed E-state index contributed by atoms with van der Waals surface area (Å²) in [6.07, 6.45) is -2.04. The summed E-state index contributed by atoms with van der Waals surface area (Å²) in [6, 6.07) is 0.